The van der Waals surface area contributed by atoms with Crippen LogP contribution in [0.3, 0.4) is 0 Å². The molecule has 0 fully saturated rings. The van der Waals surface area contributed by atoms with E-state index in [0.717, 1.165) is 4.68 Å². The quantitative estimate of drug-likeness (QED) is 0.537. The minimum absolute atomic E-state index is 0.104. The number of nitrogens with two attached hydrogens (primary N) is 1. The molecule has 0 bridgehead atoms. The number of aromatic nitrogens is 2. The van der Waals surface area contributed by atoms with Crippen LogP contribution in [0.4, 0.5) is 9.39 Å². The van der Waals surface area contributed by atoms with Crippen molar-refractivity contribution in [3.05, 3.63) is 45.7 Å². The Labute approximate surface area is 169 Å². The van der Waals surface area contributed by atoms with Crippen molar-refractivity contribution in [2.45, 2.75) is 26.0 Å². The predicted octanol–water partition coefficient (Wildman–Crippen LogP) is 1.88. The van der Waals surface area contributed by atoms with E-state index in [0.29, 0.717) is 21.8 Å². The molecular weight excluding hydrogens is 399 g/mol. The van der Waals surface area contributed by atoms with Gasteiger partial charge in [0.1, 0.15) is 25.1 Å². The third-order valence-corrected chi connectivity index (χ3v) is 4.83. The molecule has 1 unspecified atom stereocenters. The number of hydrogen-bond donors (Lipinski definition) is 3. The number of halogens is 1. The van der Waals surface area contributed by atoms with E-state index in [1.165, 1.54) is 11.3 Å². The summed E-state index contributed by atoms with van der Waals surface area (Å²) in [6, 6.07) is 6.16. The number of thiophene rings is 1. The summed E-state index contributed by atoms with van der Waals surface area (Å²) in [4.78, 5) is 25.5. The van der Waals surface area contributed by atoms with Crippen molar-refractivity contribution < 1.29 is 19.0 Å². The van der Waals surface area contributed by atoms with Crippen molar-refractivity contribution in [3.63, 3.8) is 0 Å². The maximum Gasteiger partial charge on any atom is 0.282 e. The maximum atomic E-state index is 12.9. The van der Waals surface area contributed by atoms with Crippen molar-refractivity contribution in [1.29, 1.82) is 0 Å². The first kappa shape index (κ1) is 20.7. The zero-order chi connectivity index (χ0) is 21.1. The summed E-state index contributed by atoms with van der Waals surface area (Å²) in [5, 5.41) is 18.9. The van der Waals surface area contributed by atoms with Crippen LogP contribution in [0, 0.1) is 0 Å². The Morgan fingerprint density at radius 2 is 2.07 bits per heavy atom. The van der Waals surface area contributed by atoms with Crippen LogP contribution in [0.25, 0.3) is 16.5 Å². The summed E-state index contributed by atoms with van der Waals surface area (Å²) in [7, 11) is 0. The minimum atomic E-state index is -1.20. The van der Waals surface area contributed by atoms with Crippen molar-refractivity contribution in [2.24, 2.45) is 0 Å². The molecule has 154 valence electrons. The van der Waals surface area contributed by atoms with Gasteiger partial charge in [-0.25, -0.2) is 4.39 Å². The van der Waals surface area contributed by atoms with Crippen molar-refractivity contribution >= 4 is 33.0 Å². The number of nitrogens with one attached hydrogen (secondary N) is 1. The van der Waals surface area contributed by atoms with Gasteiger partial charge >= 0.3 is 0 Å². The van der Waals surface area contributed by atoms with E-state index < -0.39 is 24.2 Å². The van der Waals surface area contributed by atoms with Gasteiger partial charge in [-0.3, -0.25) is 9.59 Å². The number of nitrogens with zero attached hydrogens (tertiary/aromatic N) is 2. The highest BCUT2D eigenvalue weighted by Crippen LogP contribution is 2.27. The van der Waals surface area contributed by atoms with Gasteiger partial charge in [0.05, 0.1) is 16.1 Å². The van der Waals surface area contributed by atoms with Crippen LogP contribution in [-0.2, 0) is 0 Å². The van der Waals surface area contributed by atoms with Gasteiger partial charge in [-0.15, -0.1) is 11.3 Å². The fraction of sp³-hybridized carbons (Fsp3) is 0.316. The lowest BCUT2D eigenvalue weighted by Gasteiger charge is -2.12. The molecule has 29 heavy (non-hydrogen) atoms. The van der Waals surface area contributed by atoms with Gasteiger partial charge in [-0.2, -0.15) is 9.78 Å². The molecule has 1 atom stereocenters. The molecular formula is C19H21FN4O4S. The molecule has 0 aliphatic carbocycles. The molecule has 0 spiro atoms. The molecule has 0 aliphatic heterocycles. The van der Waals surface area contributed by atoms with Gasteiger partial charge in [-0.1, -0.05) is 0 Å². The fourth-order valence-electron chi connectivity index (χ4n) is 2.67. The van der Waals surface area contributed by atoms with E-state index in [1.807, 2.05) is 13.8 Å². The number of carbonyl (C=O) groups is 1. The van der Waals surface area contributed by atoms with Gasteiger partial charge in [0.25, 0.3) is 11.5 Å². The number of ether oxygens (including phenoxy) is 1. The second-order valence-electron chi connectivity index (χ2n) is 6.70. The SMILES string of the molecule is CC(C)NC(=O)c1nn(-c2ccc(OCC(O)CF)cc2)c(=O)c2c(N)scc12. The number of carbonyl (C=O) groups excluding carboxylic acids is 1. The molecule has 10 heteroatoms. The highest BCUT2D eigenvalue weighted by molar-refractivity contribution is 7.15. The first-order valence-electron chi connectivity index (χ1n) is 8.90. The van der Waals surface area contributed by atoms with Crippen LogP contribution >= 0.6 is 11.3 Å². The van der Waals surface area contributed by atoms with Crippen molar-refractivity contribution in [2.75, 3.05) is 19.0 Å². The second kappa shape index (κ2) is 8.58. The number of aliphatic hydroxyl groups is 1. The summed E-state index contributed by atoms with van der Waals surface area (Å²) in [6.07, 6.45) is -1.20. The standard InChI is InChI=1S/C19H21FN4O4S/c1-10(2)22-18(26)16-14-9-29-17(21)15(14)19(27)24(23-16)11-3-5-13(6-4-11)28-8-12(25)7-20/h3-6,9-10,12,25H,7-8,21H2,1-2H3,(H,22,26). The first-order valence-corrected chi connectivity index (χ1v) is 9.78. The maximum absolute atomic E-state index is 12.9. The lowest BCUT2D eigenvalue weighted by atomic mass is 10.2. The summed E-state index contributed by atoms with van der Waals surface area (Å²) in [5.41, 5.74) is 6.03. The number of anilines is 1. The zero-order valence-corrected chi connectivity index (χ0v) is 16.7. The smallest absolute Gasteiger partial charge is 0.282 e. The van der Waals surface area contributed by atoms with Gasteiger partial charge in [0, 0.05) is 16.8 Å². The molecule has 3 aromatic rings. The van der Waals surface area contributed by atoms with E-state index in [2.05, 4.69) is 10.4 Å². The van der Waals surface area contributed by atoms with Crippen molar-refractivity contribution in [1.82, 2.24) is 15.1 Å². The van der Waals surface area contributed by atoms with Crippen LogP contribution in [-0.4, -0.2) is 46.2 Å². The van der Waals surface area contributed by atoms with Gasteiger partial charge in [0.2, 0.25) is 0 Å². The highest BCUT2D eigenvalue weighted by Gasteiger charge is 2.21. The molecule has 0 radical (unpaired) electrons. The molecule has 0 saturated carbocycles. The summed E-state index contributed by atoms with van der Waals surface area (Å²) in [6.45, 7) is 2.56. The number of amides is 1. The molecule has 0 saturated heterocycles. The third-order valence-electron chi connectivity index (χ3n) is 4.02. The number of nitrogen functional groups attached to an aromatic ring is 1. The van der Waals surface area contributed by atoms with Gasteiger partial charge < -0.3 is 20.9 Å². The molecule has 3 rings (SSSR count). The summed E-state index contributed by atoms with van der Waals surface area (Å²) < 4.78 is 18.7. The Hall–Kier alpha value is -2.98. The largest absolute Gasteiger partial charge is 0.491 e. The molecule has 8 nitrogen and oxygen atoms in total. The second-order valence-corrected chi connectivity index (χ2v) is 7.61. The number of fused-ring (bicyclic) bond motifs is 1. The van der Waals surface area contributed by atoms with E-state index in [4.69, 9.17) is 10.5 Å². The number of hydrogen-bond acceptors (Lipinski definition) is 7. The van der Waals surface area contributed by atoms with E-state index in [-0.39, 0.29) is 23.7 Å². The van der Waals surface area contributed by atoms with E-state index in [9.17, 15) is 19.1 Å². The summed E-state index contributed by atoms with van der Waals surface area (Å²) >= 11 is 1.17. The Bertz CT molecular complexity index is 1080. The number of alkyl halides is 1. The minimum Gasteiger partial charge on any atom is -0.491 e. The summed E-state index contributed by atoms with van der Waals surface area (Å²) in [5.74, 6) is -0.0140. The molecule has 1 aromatic carbocycles. The average Bonchev–Trinajstić information content (AvgIpc) is 3.08. The van der Waals surface area contributed by atoms with Crippen LogP contribution in [0.15, 0.2) is 34.4 Å². The topological polar surface area (TPSA) is 119 Å². The third kappa shape index (κ3) is 4.38. The highest BCUT2D eigenvalue weighted by atomic mass is 32.1. The Morgan fingerprint density at radius 1 is 1.38 bits per heavy atom. The molecule has 2 aromatic heterocycles. The number of benzene rings is 1. The molecule has 4 N–H and O–H groups in total. The Kier molecular flexibility index (Phi) is 6.14. The Balaban J connectivity index is 2.03. The average molecular weight is 420 g/mol. The van der Waals surface area contributed by atoms with E-state index in [1.54, 1.807) is 29.6 Å². The van der Waals surface area contributed by atoms with Crippen LogP contribution in [0.5, 0.6) is 5.75 Å². The van der Waals surface area contributed by atoms with Crippen LogP contribution in [0.2, 0.25) is 0 Å². The van der Waals surface area contributed by atoms with E-state index >= 15 is 0 Å². The predicted molar refractivity (Wildman–Crippen MR) is 110 cm³/mol. The monoisotopic (exact) mass is 420 g/mol. The van der Waals surface area contributed by atoms with Crippen LogP contribution < -0.4 is 21.3 Å². The Morgan fingerprint density at radius 3 is 2.69 bits per heavy atom. The van der Waals surface area contributed by atoms with Gasteiger partial charge in [0.15, 0.2) is 5.69 Å². The van der Waals surface area contributed by atoms with Crippen molar-refractivity contribution in [3.8, 4) is 11.4 Å². The first-order chi connectivity index (χ1) is 13.8. The number of aliphatic hydroxyl groups excluding tert-OH is 1. The number of rotatable bonds is 7. The molecule has 0 aliphatic rings. The molecule has 1 amide bonds. The zero-order valence-electron chi connectivity index (χ0n) is 15.9. The lowest BCUT2D eigenvalue weighted by molar-refractivity contribution is 0.0842. The lowest BCUT2D eigenvalue weighted by Crippen LogP contribution is -2.33. The fourth-order valence-corrected chi connectivity index (χ4v) is 3.46. The van der Waals surface area contributed by atoms with Crippen LogP contribution in [0.1, 0.15) is 24.3 Å². The van der Waals surface area contributed by atoms with Gasteiger partial charge in [-0.05, 0) is 38.1 Å². The molecule has 2 heterocycles. The normalized spacial score (nSPS) is 12.3.